The summed E-state index contributed by atoms with van der Waals surface area (Å²) in [4.78, 5) is 11.4. The van der Waals surface area contributed by atoms with E-state index in [9.17, 15) is 4.79 Å². The second-order valence-corrected chi connectivity index (χ2v) is 5.13. The molecule has 0 unspecified atom stereocenters. The summed E-state index contributed by atoms with van der Waals surface area (Å²) in [6, 6.07) is 2.18. The molecule has 0 atom stereocenters. The van der Waals surface area contributed by atoms with Crippen LogP contribution < -0.4 is 0 Å². The first kappa shape index (κ1) is 17.2. The Labute approximate surface area is 113 Å². The molecular weight excluding hydrogens is 222 g/mol. The summed E-state index contributed by atoms with van der Waals surface area (Å²) < 4.78 is 0. The number of nitriles is 1. The van der Waals surface area contributed by atoms with E-state index in [1.54, 1.807) is 0 Å². The molecule has 0 saturated heterocycles. The van der Waals surface area contributed by atoms with Crippen molar-refractivity contribution in [2.24, 2.45) is 0 Å². The first-order valence-electron chi connectivity index (χ1n) is 7.70. The second kappa shape index (κ2) is 14.2. The van der Waals surface area contributed by atoms with E-state index < -0.39 is 0 Å². The molecule has 0 bridgehead atoms. The van der Waals surface area contributed by atoms with Crippen LogP contribution in [0.3, 0.4) is 0 Å². The number of Topliss-reactive ketones (excluding diaryl/α,β-unsaturated/α-hetero) is 1. The van der Waals surface area contributed by atoms with Gasteiger partial charge in [-0.15, -0.1) is 0 Å². The number of carbonyl (C=O) groups excluding carboxylic acids is 1. The van der Waals surface area contributed by atoms with Gasteiger partial charge in [0.2, 0.25) is 0 Å². The predicted octanol–water partition coefficient (Wildman–Crippen LogP) is 5.17. The lowest BCUT2D eigenvalue weighted by Crippen LogP contribution is -1.96. The van der Waals surface area contributed by atoms with Crippen molar-refractivity contribution in [3.8, 4) is 6.07 Å². The number of unbranched alkanes of at least 4 members (excludes halogenated alkanes) is 9. The number of carbonyl (C=O) groups is 1. The van der Waals surface area contributed by atoms with Crippen molar-refractivity contribution in [3.05, 3.63) is 0 Å². The maximum Gasteiger partial charge on any atom is 0.132 e. The molecule has 0 heterocycles. The summed E-state index contributed by atoms with van der Waals surface area (Å²) in [5.74, 6) is 0.452. The maximum atomic E-state index is 11.4. The lowest BCUT2D eigenvalue weighted by molar-refractivity contribution is -0.119. The van der Waals surface area contributed by atoms with Gasteiger partial charge in [0.1, 0.15) is 5.78 Å². The Morgan fingerprint density at radius 3 is 1.89 bits per heavy atom. The number of nitrogens with zero attached hydrogens (tertiary/aromatic N) is 1. The van der Waals surface area contributed by atoms with Gasteiger partial charge in [0.05, 0.1) is 6.07 Å². The van der Waals surface area contributed by atoms with Crippen molar-refractivity contribution in [2.45, 2.75) is 90.4 Å². The third-order valence-corrected chi connectivity index (χ3v) is 3.30. The molecule has 2 heteroatoms. The van der Waals surface area contributed by atoms with Gasteiger partial charge in [-0.05, 0) is 19.3 Å². The molecule has 0 N–H and O–H groups in total. The van der Waals surface area contributed by atoms with Gasteiger partial charge in [-0.25, -0.2) is 0 Å². The van der Waals surface area contributed by atoms with Crippen molar-refractivity contribution in [2.75, 3.05) is 0 Å². The quantitative estimate of drug-likeness (QED) is 0.424. The lowest BCUT2D eigenvalue weighted by Gasteiger charge is -2.02. The minimum Gasteiger partial charge on any atom is -0.300 e. The van der Waals surface area contributed by atoms with Crippen molar-refractivity contribution in [3.63, 3.8) is 0 Å². The Morgan fingerprint density at radius 1 is 0.833 bits per heavy atom. The third-order valence-electron chi connectivity index (χ3n) is 3.30. The average molecular weight is 251 g/mol. The zero-order valence-corrected chi connectivity index (χ0v) is 12.0. The Balaban J connectivity index is 3.07. The normalized spacial score (nSPS) is 10.2. The summed E-state index contributed by atoms with van der Waals surface area (Å²) in [6.45, 7) is 2.13. The first-order valence-corrected chi connectivity index (χ1v) is 7.70. The van der Waals surface area contributed by atoms with E-state index in [2.05, 4.69) is 13.0 Å². The molecule has 2 nitrogen and oxygen atoms in total. The van der Waals surface area contributed by atoms with E-state index in [4.69, 9.17) is 5.26 Å². The van der Waals surface area contributed by atoms with Crippen LogP contribution in [0.4, 0.5) is 0 Å². The molecule has 104 valence electrons. The first-order chi connectivity index (χ1) is 8.81. The van der Waals surface area contributed by atoms with E-state index in [1.165, 1.54) is 38.5 Å². The summed E-state index contributed by atoms with van der Waals surface area (Å²) in [7, 11) is 0. The molecule has 0 aliphatic rings. The number of ketones is 1. The van der Waals surface area contributed by atoms with E-state index in [0.29, 0.717) is 12.2 Å². The second-order valence-electron chi connectivity index (χ2n) is 5.13. The smallest absolute Gasteiger partial charge is 0.132 e. The van der Waals surface area contributed by atoms with Crippen LogP contribution in [0, 0.1) is 11.3 Å². The number of hydrogen-bond donors (Lipinski definition) is 0. The Bertz CT molecular complexity index is 230. The molecule has 18 heavy (non-hydrogen) atoms. The summed E-state index contributed by atoms with van der Waals surface area (Å²) in [5.41, 5.74) is 0. The third kappa shape index (κ3) is 13.2. The van der Waals surface area contributed by atoms with Crippen LogP contribution >= 0.6 is 0 Å². The van der Waals surface area contributed by atoms with Crippen LogP contribution in [0.15, 0.2) is 0 Å². The van der Waals surface area contributed by atoms with Gasteiger partial charge in [0.25, 0.3) is 0 Å². The van der Waals surface area contributed by atoms with Crippen LogP contribution in [-0.4, -0.2) is 5.78 Å². The highest BCUT2D eigenvalue weighted by Crippen LogP contribution is 2.11. The summed E-state index contributed by atoms with van der Waals surface area (Å²) in [6.07, 6.45) is 14.1. The van der Waals surface area contributed by atoms with Crippen LogP contribution in [0.1, 0.15) is 90.4 Å². The molecule has 0 aromatic carbocycles. The summed E-state index contributed by atoms with van der Waals surface area (Å²) in [5, 5.41) is 8.39. The standard InChI is InChI=1S/C16H29NO/c1-2-3-13-16(18)14-11-9-7-5-4-6-8-10-12-15-17/h2-14H2,1H3. The van der Waals surface area contributed by atoms with Crippen molar-refractivity contribution >= 4 is 5.78 Å². The zero-order valence-electron chi connectivity index (χ0n) is 12.0. The number of rotatable bonds is 13. The monoisotopic (exact) mass is 251 g/mol. The Morgan fingerprint density at radius 2 is 1.33 bits per heavy atom. The largest absolute Gasteiger partial charge is 0.300 e. The SMILES string of the molecule is CCCCC(=O)CCCCCCCCCCC#N. The fraction of sp³-hybridized carbons (Fsp3) is 0.875. The molecular formula is C16H29NO. The van der Waals surface area contributed by atoms with Crippen molar-refractivity contribution in [1.82, 2.24) is 0 Å². The van der Waals surface area contributed by atoms with Crippen LogP contribution in [0.25, 0.3) is 0 Å². The Kier molecular flexibility index (Phi) is 13.6. The topological polar surface area (TPSA) is 40.9 Å². The van der Waals surface area contributed by atoms with Gasteiger partial charge in [-0.1, -0.05) is 51.9 Å². The van der Waals surface area contributed by atoms with Crippen LogP contribution in [0.2, 0.25) is 0 Å². The molecule has 0 aliphatic carbocycles. The van der Waals surface area contributed by atoms with Crippen molar-refractivity contribution < 1.29 is 4.79 Å². The highest BCUT2D eigenvalue weighted by molar-refractivity contribution is 5.78. The predicted molar refractivity (Wildman–Crippen MR) is 76.3 cm³/mol. The molecule has 0 fully saturated rings. The molecule has 0 rings (SSSR count). The van der Waals surface area contributed by atoms with E-state index >= 15 is 0 Å². The van der Waals surface area contributed by atoms with E-state index in [-0.39, 0.29) is 0 Å². The zero-order chi connectivity index (χ0) is 13.5. The Hall–Kier alpha value is -0.840. The van der Waals surface area contributed by atoms with Crippen LogP contribution in [0.5, 0.6) is 0 Å². The minimum atomic E-state index is 0.452. The molecule has 0 saturated carbocycles. The van der Waals surface area contributed by atoms with Gasteiger partial charge in [-0.2, -0.15) is 5.26 Å². The highest BCUT2D eigenvalue weighted by Gasteiger charge is 2.00. The van der Waals surface area contributed by atoms with Crippen LogP contribution in [-0.2, 0) is 4.79 Å². The average Bonchev–Trinajstić information content (AvgIpc) is 2.38. The van der Waals surface area contributed by atoms with Gasteiger partial charge in [0.15, 0.2) is 0 Å². The van der Waals surface area contributed by atoms with Crippen molar-refractivity contribution in [1.29, 1.82) is 5.26 Å². The van der Waals surface area contributed by atoms with Gasteiger partial charge < -0.3 is 0 Å². The fourth-order valence-corrected chi connectivity index (χ4v) is 2.09. The number of hydrogen-bond acceptors (Lipinski definition) is 2. The van der Waals surface area contributed by atoms with E-state index in [1.807, 2.05) is 0 Å². The highest BCUT2D eigenvalue weighted by atomic mass is 16.1. The van der Waals surface area contributed by atoms with Gasteiger partial charge in [0, 0.05) is 19.3 Å². The fourth-order valence-electron chi connectivity index (χ4n) is 2.09. The van der Waals surface area contributed by atoms with Gasteiger partial charge >= 0.3 is 0 Å². The summed E-state index contributed by atoms with van der Waals surface area (Å²) >= 11 is 0. The molecule has 0 radical (unpaired) electrons. The molecule has 0 amide bonds. The molecule has 0 aromatic rings. The van der Waals surface area contributed by atoms with Gasteiger partial charge in [-0.3, -0.25) is 4.79 Å². The molecule has 0 aromatic heterocycles. The molecule has 0 spiro atoms. The maximum absolute atomic E-state index is 11.4. The lowest BCUT2D eigenvalue weighted by atomic mass is 10.0. The minimum absolute atomic E-state index is 0.452. The van der Waals surface area contributed by atoms with E-state index in [0.717, 1.165) is 38.5 Å². The molecule has 0 aliphatic heterocycles.